The van der Waals surface area contributed by atoms with Crippen molar-refractivity contribution >= 4 is 17.9 Å². The summed E-state index contributed by atoms with van der Waals surface area (Å²) in [5.74, 6) is -1.09. The molecule has 0 saturated carbocycles. The second kappa shape index (κ2) is 9.36. The van der Waals surface area contributed by atoms with E-state index in [4.69, 9.17) is 4.74 Å². The third-order valence-corrected chi connectivity index (χ3v) is 4.40. The second-order valence-electron chi connectivity index (χ2n) is 8.03. The molecule has 1 fully saturated rings. The number of carbonyl (C=O) groups excluding carboxylic acids is 3. The molecule has 0 aliphatic carbocycles. The van der Waals surface area contributed by atoms with Crippen LogP contribution in [0.25, 0.3) is 0 Å². The molecule has 1 aliphatic rings. The van der Waals surface area contributed by atoms with E-state index in [2.05, 4.69) is 10.6 Å². The summed E-state index contributed by atoms with van der Waals surface area (Å²) in [7, 11) is 0. The summed E-state index contributed by atoms with van der Waals surface area (Å²) in [6.07, 6.45) is -4.52. The number of amides is 3. The lowest BCUT2D eigenvalue weighted by atomic mass is 10.0. The summed E-state index contributed by atoms with van der Waals surface area (Å²) in [4.78, 5) is 37.5. The van der Waals surface area contributed by atoms with Gasteiger partial charge in [0.05, 0.1) is 11.1 Å². The van der Waals surface area contributed by atoms with Gasteiger partial charge in [-0.3, -0.25) is 9.59 Å². The number of hydrogen-bond donors (Lipinski definition) is 2. The molecule has 10 heteroatoms. The molecule has 0 atom stereocenters. The number of rotatable bonds is 4. The number of benzene rings is 1. The number of hydrogen-bond acceptors (Lipinski definition) is 4. The molecule has 30 heavy (non-hydrogen) atoms. The van der Waals surface area contributed by atoms with Gasteiger partial charge in [0.15, 0.2) is 0 Å². The minimum Gasteiger partial charge on any atom is -0.444 e. The average molecular weight is 429 g/mol. The van der Waals surface area contributed by atoms with Gasteiger partial charge >= 0.3 is 12.3 Å². The first-order valence-corrected chi connectivity index (χ1v) is 9.58. The van der Waals surface area contributed by atoms with Crippen molar-refractivity contribution in [1.82, 2.24) is 15.5 Å². The van der Waals surface area contributed by atoms with Crippen molar-refractivity contribution in [2.24, 2.45) is 0 Å². The minimum atomic E-state index is -4.61. The zero-order chi connectivity index (χ0) is 22.5. The SMILES string of the molecule is CC(C)(C)OC(=O)NCC(=O)NC1CCN(C(=O)c2ccccc2C(F)(F)F)CC1. The minimum absolute atomic E-state index is 0.218. The van der Waals surface area contributed by atoms with E-state index in [-0.39, 0.29) is 31.2 Å². The molecule has 1 aromatic rings. The zero-order valence-corrected chi connectivity index (χ0v) is 17.1. The fourth-order valence-electron chi connectivity index (χ4n) is 3.06. The summed E-state index contributed by atoms with van der Waals surface area (Å²) >= 11 is 0. The number of piperidine rings is 1. The third-order valence-electron chi connectivity index (χ3n) is 4.40. The molecule has 0 aromatic heterocycles. The highest BCUT2D eigenvalue weighted by Crippen LogP contribution is 2.32. The standard InChI is InChI=1S/C20H26F3N3O4/c1-19(2,3)30-18(29)24-12-16(27)25-13-8-10-26(11-9-13)17(28)14-6-4-5-7-15(14)20(21,22)23/h4-7,13H,8-12H2,1-3H3,(H,24,29)(H,25,27). The van der Waals surface area contributed by atoms with Crippen molar-refractivity contribution in [3.8, 4) is 0 Å². The molecular weight excluding hydrogens is 403 g/mol. The Bertz CT molecular complexity index is 782. The maximum atomic E-state index is 13.1. The van der Waals surface area contributed by atoms with Crippen molar-refractivity contribution in [3.05, 3.63) is 35.4 Å². The van der Waals surface area contributed by atoms with E-state index < -0.39 is 35.2 Å². The Balaban J connectivity index is 1.83. The van der Waals surface area contributed by atoms with Crippen LogP contribution < -0.4 is 10.6 Å². The largest absolute Gasteiger partial charge is 0.444 e. The van der Waals surface area contributed by atoms with E-state index in [0.717, 1.165) is 6.07 Å². The number of nitrogens with one attached hydrogen (secondary N) is 2. The van der Waals surface area contributed by atoms with Crippen LogP contribution in [0.2, 0.25) is 0 Å². The maximum Gasteiger partial charge on any atom is 0.417 e. The van der Waals surface area contributed by atoms with E-state index in [1.165, 1.54) is 23.1 Å². The van der Waals surface area contributed by atoms with Crippen molar-refractivity contribution in [2.45, 2.75) is 51.4 Å². The number of ether oxygens (including phenoxy) is 1. The molecule has 0 unspecified atom stereocenters. The Labute approximate surface area is 172 Å². The van der Waals surface area contributed by atoms with Crippen LogP contribution in [0.3, 0.4) is 0 Å². The smallest absolute Gasteiger partial charge is 0.417 e. The van der Waals surface area contributed by atoms with Gasteiger partial charge in [0.2, 0.25) is 5.91 Å². The Morgan fingerprint density at radius 1 is 1.10 bits per heavy atom. The zero-order valence-electron chi connectivity index (χ0n) is 17.1. The third kappa shape index (κ3) is 6.93. The van der Waals surface area contributed by atoms with Crippen LogP contribution in [0.4, 0.5) is 18.0 Å². The molecule has 0 radical (unpaired) electrons. The molecule has 1 aromatic carbocycles. The Hall–Kier alpha value is -2.78. The van der Waals surface area contributed by atoms with Crippen LogP contribution in [-0.4, -0.2) is 54.1 Å². The van der Waals surface area contributed by atoms with Gasteiger partial charge in [-0.2, -0.15) is 13.2 Å². The highest BCUT2D eigenvalue weighted by Gasteiger charge is 2.36. The molecule has 2 N–H and O–H groups in total. The molecule has 0 bridgehead atoms. The van der Waals surface area contributed by atoms with Crippen LogP contribution in [-0.2, 0) is 15.7 Å². The molecule has 1 saturated heterocycles. The molecule has 0 spiro atoms. The number of alkyl carbamates (subject to hydrolysis) is 1. The Morgan fingerprint density at radius 3 is 2.27 bits per heavy atom. The summed E-state index contributed by atoms with van der Waals surface area (Å²) in [6, 6.07) is 4.46. The van der Waals surface area contributed by atoms with Gasteiger partial charge in [-0.15, -0.1) is 0 Å². The van der Waals surface area contributed by atoms with Crippen molar-refractivity contribution in [1.29, 1.82) is 0 Å². The van der Waals surface area contributed by atoms with Gasteiger partial charge < -0.3 is 20.3 Å². The Kier molecular flexibility index (Phi) is 7.33. The van der Waals surface area contributed by atoms with E-state index in [0.29, 0.717) is 12.8 Å². The fourth-order valence-corrected chi connectivity index (χ4v) is 3.06. The van der Waals surface area contributed by atoms with Crippen LogP contribution in [0.1, 0.15) is 49.5 Å². The number of alkyl halides is 3. The Morgan fingerprint density at radius 2 is 1.70 bits per heavy atom. The first-order valence-electron chi connectivity index (χ1n) is 9.58. The lowest BCUT2D eigenvalue weighted by Crippen LogP contribution is -2.49. The molecule has 1 heterocycles. The van der Waals surface area contributed by atoms with Crippen LogP contribution in [0, 0.1) is 0 Å². The van der Waals surface area contributed by atoms with Gasteiger partial charge in [-0.1, -0.05) is 12.1 Å². The van der Waals surface area contributed by atoms with E-state index in [9.17, 15) is 27.6 Å². The van der Waals surface area contributed by atoms with Gasteiger partial charge in [-0.25, -0.2) is 4.79 Å². The topological polar surface area (TPSA) is 87.7 Å². The molecule has 2 rings (SSSR count). The highest BCUT2D eigenvalue weighted by molar-refractivity contribution is 5.96. The maximum absolute atomic E-state index is 13.1. The fraction of sp³-hybridized carbons (Fsp3) is 0.550. The summed E-state index contributed by atoms with van der Waals surface area (Å²) in [6.45, 7) is 5.29. The van der Waals surface area contributed by atoms with E-state index in [1.807, 2.05) is 0 Å². The van der Waals surface area contributed by atoms with Gasteiger partial charge in [-0.05, 0) is 45.7 Å². The summed E-state index contributed by atoms with van der Waals surface area (Å²) in [5, 5.41) is 5.10. The molecule has 7 nitrogen and oxygen atoms in total. The van der Waals surface area contributed by atoms with Crippen LogP contribution in [0.5, 0.6) is 0 Å². The van der Waals surface area contributed by atoms with E-state index >= 15 is 0 Å². The lowest BCUT2D eigenvalue weighted by molar-refractivity contribution is -0.138. The van der Waals surface area contributed by atoms with Crippen molar-refractivity contribution in [2.75, 3.05) is 19.6 Å². The highest BCUT2D eigenvalue weighted by atomic mass is 19.4. The first-order chi connectivity index (χ1) is 13.9. The number of likely N-dealkylation sites (tertiary alicyclic amines) is 1. The normalized spacial score (nSPS) is 15.5. The number of nitrogens with zero attached hydrogens (tertiary/aromatic N) is 1. The number of carbonyl (C=O) groups is 3. The molecule has 1 aliphatic heterocycles. The molecule has 166 valence electrons. The quantitative estimate of drug-likeness (QED) is 0.771. The van der Waals surface area contributed by atoms with Gasteiger partial charge in [0.1, 0.15) is 12.1 Å². The lowest BCUT2D eigenvalue weighted by Gasteiger charge is -2.33. The summed E-state index contributed by atoms with van der Waals surface area (Å²) < 4.78 is 44.5. The van der Waals surface area contributed by atoms with Crippen molar-refractivity contribution < 1.29 is 32.3 Å². The predicted molar refractivity (Wildman–Crippen MR) is 103 cm³/mol. The second-order valence-corrected chi connectivity index (χ2v) is 8.03. The first kappa shape index (κ1) is 23.5. The van der Waals surface area contributed by atoms with Crippen LogP contribution in [0.15, 0.2) is 24.3 Å². The van der Waals surface area contributed by atoms with Crippen LogP contribution >= 0.6 is 0 Å². The van der Waals surface area contributed by atoms with Crippen molar-refractivity contribution in [3.63, 3.8) is 0 Å². The van der Waals surface area contributed by atoms with Gasteiger partial charge in [0, 0.05) is 19.1 Å². The molecular formula is C20H26F3N3O4. The molecule has 3 amide bonds. The predicted octanol–water partition coefficient (Wildman–Crippen LogP) is 2.95. The summed E-state index contributed by atoms with van der Waals surface area (Å²) in [5.41, 5.74) is -2.02. The van der Waals surface area contributed by atoms with E-state index in [1.54, 1.807) is 20.8 Å². The average Bonchev–Trinajstić information content (AvgIpc) is 2.64. The van der Waals surface area contributed by atoms with Gasteiger partial charge in [0.25, 0.3) is 5.91 Å². The number of halogens is 3. The monoisotopic (exact) mass is 429 g/mol.